The summed E-state index contributed by atoms with van der Waals surface area (Å²) in [5, 5.41) is 7.51. The van der Waals surface area contributed by atoms with Gasteiger partial charge in [-0.3, -0.25) is 9.48 Å². The molecule has 1 aliphatic heterocycles. The smallest absolute Gasteiger partial charge is 0.314 e. The largest absolute Gasteiger partial charge is 0.322 e. The van der Waals surface area contributed by atoms with Crippen molar-refractivity contribution in [1.82, 2.24) is 14.8 Å². The maximum absolute atomic E-state index is 12.9. The minimum atomic E-state index is -3.17. The first-order valence-corrected chi connectivity index (χ1v) is 11.4. The van der Waals surface area contributed by atoms with Crippen LogP contribution in [0.4, 0.5) is 11.5 Å². The lowest BCUT2D eigenvalue weighted by molar-refractivity contribution is 0.102. The Morgan fingerprint density at radius 1 is 1.27 bits per heavy atom. The summed E-state index contributed by atoms with van der Waals surface area (Å²) < 4.78 is 25.4. The number of benzene rings is 1. The summed E-state index contributed by atoms with van der Waals surface area (Å²) in [6, 6.07) is 8.43. The molecule has 0 aliphatic carbocycles. The van der Waals surface area contributed by atoms with Gasteiger partial charge < -0.3 is 5.32 Å². The Kier molecular flexibility index (Phi) is 5.54. The van der Waals surface area contributed by atoms with Gasteiger partial charge in [-0.25, -0.2) is 4.98 Å². The van der Waals surface area contributed by atoms with Gasteiger partial charge in [0.1, 0.15) is 0 Å². The van der Waals surface area contributed by atoms with E-state index in [9.17, 15) is 13.6 Å². The molecule has 3 heterocycles. The third kappa shape index (κ3) is 4.06. The van der Waals surface area contributed by atoms with E-state index >= 15 is 0 Å². The van der Waals surface area contributed by atoms with E-state index in [2.05, 4.69) is 15.4 Å². The maximum atomic E-state index is 12.9. The number of amides is 1. The van der Waals surface area contributed by atoms with Crippen molar-refractivity contribution in [3.63, 3.8) is 0 Å². The zero-order chi connectivity index (χ0) is 21.5. The topological polar surface area (TPSA) is 100 Å². The summed E-state index contributed by atoms with van der Waals surface area (Å²) in [5.74, 6) is -0.0836. The summed E-state index contributed by atoms with van der Waals surface area (Å²) in [6.45, 7) is 0.382. The molecule has 1 aliphatic rings. The van der Waals surface area contributed by atoms with Gasteiger partial charge in [0, 0.05) is 42.1 Å². The van der Waals surface area contributed by atoms with E-state index in [0.717, 1.165) is 11.3 Å². The first-order chi connectivity index (χ1) is 14.2. The molecule has 0 spiro atoms. The molecule has 4 rings (SSSR count). The van der Waals surface area contributed by atoms with Gasteiger partial charge in [-0.15, -0.1) is 4.31 Å². The highest BCUT2D eigenvalue weighted by Gasteiger charge is 2.42. The molecule has 2 aromatic heterocycles. The van der Waals surface area contributed by atoms with Crippen LogP contribution >= 0.6 is 23.2 Å². The summed E-state index contributed by atoms with van der Waals surface area (Å²) in [5.41, 5.74) is 2.25. The molecule has 1 amide bonds. The SMILES string of the molecule is Cn1nccc1-c1cc(Cl)cc(NC(=O)c2cc(N3CCC[S+]3(=O)O)ncc2Cl)c1. The van der Waals surface area contributed by atoms with E-state index in [-0.39, 0.29) is 22.2 Å². The Bertz CT molecular complexity index is 1180. The second-order valence-electron chi connectivity index (χ2n) is 6.81. The van der Waals surface area contributed by atoms with E-state index in [1.54, 1.807) is 29.1 Å². The molecule has 1 atom stereocenters. The van der Waals surface area contributed by atoms with Crippen molar-refractivity contribution in [2.24, 2.45) is 7.05 Å². The van der Waals surface area contributed by atoms with Crippen molar-refractivity contribution < 1.29 is 13.6 Å². The Morgan fingerprint density at radius 2 is 2.07 bits per heavy atom. The quantitative estimate of drug-likeness (QED) is 0.562. The number of rotatable bonds is 4. The highest BCUT2D eigenvalue weighted by molar-refractivity contribution is 7.99. The van der Waals surface area contributed by atoms with Crippen LogP contribution < -0.4 is 9.62 Å². The number of nitrogens with one attached hydrogen (secondary N) is 1. The first-order valence-electron chi connectivity index (χ1n) is 9.02. The summed E-state index contributed by atoms with van der Waals surface area (Å²) >= 11 is 12.4. The van der Waals surface area contributed by atoms with E-state index in [4.69, 9.17) is 23.2 Å². The predicted octanol–water partition coefficient (Wildman–Crippen LogP) is 4.14. The molecule has 1 fully saturated rings. The van der Waals surface area contributed by atoms with Crippen LogP contribution in [0.2, 0.25) is 10.0 Å². The molecule has 1 saturated heterocycles. The van der Waals surface area contributed by atoms with Gasteiger partial charge in [0.05, 0.1) is 22.8 Å². The summed E-state index contributed by atoms with van der Waals surface area (Å²) in [7, 11) is -1.36. The van der Waals surface area contributed by atoms with Crippen LogP contribution in [-0.2, 0) is 21.7 Å². The number of anilines is 2. The van der Waals surface area contributed by atoms with Gasteiger partial charge in [-0.05, 0) is 34.5 Å². The molecule has 156 valence electrons. The zero-order valence-electron chi connectivity index (χ0n) is 15.9. The van der Waals surface area contributed by atoms with Crippen LogP contribution in [0.1, 0.15) is 16.8 Å². The number of aromatic nitrogens is 3. The number of hydrogen-bond donors (Lipinski definition) is 2. The van der Waals surface area contributed by atoms with E-state index in [0.29, 0.717) is 23.7 Å². The molecule has 3 aromatic rings. The van der Waals surface area contributed by atoms with Crippen LogP contribution in [-0.4, -0.2) is 37.5 Å². The predicted molar refractivity (Wildman–Crippen MR) is 118 cm³/mol. The number of nitrogens with zero attached hydrogens (tertiary/aromatic N) is 4. The molecule has 1 unspecified atom stereocenters. The van der Waals surface area contributed by atoms with Crippen molar-refractivity contribution in [2.45, 2.75) is 6.42 Å². The third-order valence-corrected chi connectivity index (χ3v) is 7.13. The van der Waals surface area contributed by atoms with Crippen molar-refractivity contribution in [3.8, 4) is 11.3 Å². The number of halogens is 2. The molecular weight excluding hydrogens is 449 g/mol. The monoisotopic (exact) mass is 466 g/mol. The average Bonchev–Trinajstić information content (AvgIpc) is 3.26. The molecule has 0 bridgehead atoms. The van der Waals surface area contributed by atoms with Crippen LogP contribution in [0.5, 0.6) is 0 Å². The number of carbonyl (C=O) groups excluding carboxylic acids is 1. The van der Waals surface area contributed by atoms with Crippen LogP contribution in [0.3, 0.4) is 0 Å². The third-order valence-electron chi connectivity index (χ3n) is 4.73. The van der Waals surface area contributed by atoms with Crippen LogP contribution in [0.25, 0.3) is 11.3 Å². The fourth-order valence-corrected chi connectivity index (χ4v) is 5.27. The van der Waals surface area contributed by atoms with Gasteiger partial charge in [-0.2, -0.15) is 9.65 Å². The van der Waals surface area contributed by atoms with Crippen molar-refractivity contribution in [3.05, 3.63) is 58.3 Å². The lowest BCUT2D eigenvalue weighted by Gasteiger charge is -2.15. The van der Waals surface area contributed by atoms with Gasteiger partial charge in [0.25, 0.3) is 5.91 Å². The number of carbonyl (C=O) groups is 1. The Hall–Kier alpha value is -2.46. The summed E-state index contributed by atoms with van der Waals surface area (Å²) in [6.07, 6.45) is 3.55. The van der Waals surface area contributed by atoms with Crippen LogP contribution in [0.15, 0.2) is 42.7 Å². The number of aryl methyl sites for hydroxylation is 1. The van der Waals surface area contributed by atoms with Gasteiger partial charge in [-0.1, -0.05) is 23.2 Å². The van der Waals surface area contributed by atoms with Gasteiger partial charge in [0.2, 0.25) is 0 Å². The van der Waals surface area contributed by atoms with E-state index in [1.807, 2.05) is 13.1 Å². The molecule has 30 heavy (non-hydrogen) atoms. The Balaban J connectivity index is 1.63. The Labute approximate surface area is 184 Å². The number of pyridine rings is 1. The lowest BCUT2D eigenvalue weighted by atomic mass is 10.1. The van der Waals surface area contributed by atoms with Gasteiger partial charge >= 0.3 is 10.4 Å². The van der Waals surface area contributed by atoms with E-state index in [1.165, 1.54) is 16.6 Å². The Morgan fingerprint density at radius 3 is 2.73 bits per heavy atom. The highest BCUT2D eigenvalue weighted by Crippen LogP contribution is 2.30. The standard InChI is InChI=1S/C19H17Cl2N5O3S/c1-25-17(3-4-23-25)12-7-13(20)9-14(8-12)24-19(27)15-10-18(22-11-16(15)21)26-5-2-6-30(26,28)29/h3-4,7-11H,2,5-6H2,1H3,(H-,24,27,28,29)/p+1. The minimum Gasteiger partial charge on any atom is -0.322 e. The second kappa shape index (κ2) is 7.99. The molecule has 1 aromatic carbocycles. The maximum Gasteiger partial charge on any atom is 0.314 e. The second-order valence-corrected chi connectivity index (χ2v) is 9.72. The average molecular weight is 467 g/mol. The van der Waals surface area contributed by atoms with Crippen molar-refractivity contribution >= 4 is 51.0 Å². The lowest BCUT2D eigenvalue weighted by Crippen LogP contribution is -2.31. The normalized spacial score (nSPS) is 18.6. The van der Waals surface area contributed by atoms with Crippen LogP contribution in [0, 0.1) is 0 Å². The first kappa shape index (κ1) is 20.8. The molecule has 2 N–H and O–H groups in total. The molecule has 0 radical (unpaired) electrons. The van der Waals surface area contributed by atoms with E-state index < -0.39 is 16.3 Å². The van der Waals surface area contributed by atoms with Gasteiger partial charge in [0.15, 0.2) is 11.6 Å². The summed E-state index contributed by atoms with van der Waals surface area (Å²) in [4.78, 5) is 17.0. The minimum absolute atomic E-state index is 0.133. The fraction of sp³-hybridized carbons (Fsp3) is 0.211. The molecular formula is C19H18Cl2N5O3S+. The number of hydrogen-bond acceptors (Lipinski definition) is 4. The highest BCUT2D eigenvalue weighted by atomic mass is 35.5. The molecule has 0 saturated carbocycles. The zero-order valence-corrected chi connectivity index (χ0v) is 18.2. The van der Waals surface area contributed by atoms with Crippen molar-refractivity contribution in [2.75, 3.05) is 21.9 Å². The van der Waals surface area contributed by atoms with Crippen molar-refractivity contribution in [1.29, 1.82) is 0 Å². The molecule has 11 heteroatoms. The fourth-order valence-electron chi connectivity index (χ4n) is 3.31. The molecule has 8 nitrogen and oxygen atoms in total.